The first kappa shape index (κ1) is 19.4. The lowest BCUT2D eigenvalue weighted by Crippen LogP contribution is -2.27. The molecule has 2 aromatic carbocycles. The molecule has 0 amide bonds. The van der Waals surface area contributed by atoms with Crippen LogP contribution in [0.1, 0.15) is 5.56 Å². The van der Waals surface area contributed by atoms with Gasteiger partial charge in [-0.2, -0.15) is 0 Å². The normalized spacial score (nSPS) is 12.5. The molecule has 25 heavy (non-hydrogen) atoms. The highest BCUT2D eigenvalue weighted by Gasteiger charge is 2.23. The summed E-state index contributed by atoms with van der Waals surface area (Å²) in [5.74, 6) is -2.01. The monoisotopic (exact) mass is 390 g/mol. The molecule has 0 heterocycles. The first-order chi connectivity index (χ1) is 11.6. The lowest BCUT2D eigenvalue weighted by atomic mass is 10.2. The van der Waals surface area contributed by atoms with E-state index in [1.807, 2.05) is 0 Å². The Bertz CT molecular complexity index is 990. The molecular formula is C15H16F2N2O4S2. The van der Waals surface area contributed by atoms with Gasteiger partial charge in [0.1, 0.15) is 16.5 Å². The lowest BCUT2D eigenvalue weighted by molar-refractivity contribution is 0.518. The van der Waals surface area contributed by atoms with E-state index in [1.165, 1.54) is 32.3 Å². The molecule has 0 aliphatic rings. The van der Waals surface area contributed by atoms with Gasteiger partial charge in [-0.25, -0.2) is 34.6 Å². The van der Waals surface area contributed by atoms with Gasteiger partial charge in [-0.15, -0.1) is 0 Å². The van der Waals surface area contributed by atoms with Crippen LogP contribution in [0.2, 0.25) is 0 Å². The number of nitrogens with one attached hydrogen (secondary N) is 1. The summed E-state index contributed by atoms with van der Waals surface area (Å²) in [4.78, 5) is -0.928. The van der Waals surface area contributed by atoms with Gasteiger partial charge in [0.2, 0.25) is 20.0 Å². The summed E-state index contributed by atoms with van der Waals surface area (Å²) in [6, 6.07) is 7.87. The van der Waals surface area contributed by atoms with Crippen LogP contribution < -0.4 is 4.72 Å². The molecule has 0 spiro atoms. The Morgan fingerprint density at radius 2 is 1.60 bits per heavy atom. The van der Waals surface area contributed by atoms with E-state index in [0.717, 1.165) is 10.4 Å². The molecule has 0 aromatic heterocycles. The Labute approximate surface area is 145 Å². The van der Waals surface area contributed by atoms with Crippen molar-refractivity contribution in [1.29, 1.82) is 0 Å². The minimum Gasteiger partial charge on any atom is -0.207 e. The average Bonchev–Trinajstić information content (AvgIpc) is 2.55. The second-order valence-electron chi connectivity index (χ2n) is 5.29. The van der Waals surface area contributed by atoms with Crippen LogP contribution in [0.25, 0.3) is 0 Å². The SMILES string of the molecule is CN(C)S(=O)(=O)c1ccccc1CNS(=O)(=O)c1cc(F)ccc1F. The molecule has 6 nitrogen and oxygen atoms in total. The molecule has 0 aliphatic carbocycles. The van der Waals surface area contributed by atoms with Crippen LogP contribution in [0.4, 0.5) is 8.78 Å². The van der Waals surface area contributed by atoms with Gasteiger partial charge < -0.3 is 0 Å². The van der Waals surface area contributed by atoms with Gasteiger partial charge in [0.05, 0.1) is 4.90 Å². The summed E-state index contributed by atoms with van der Waals surface area (Å²) in [6.45, 7) is -0.401. The number of halogens is 2. The summed E-state index contributed by atoms with van der Waals surface area (Å²) in [6.07, 6.45) is 0. The minimum atomic E-state index is -4.37. The molecule has 0 atom stereocenters. The summed E-state index contributed by atoms with van der Waals surface area (Å²) >= 11 is 0. The van der Waals surface area contributed by atoms with Crippen LogP contribution in [-0.2, 0) is 26.6 Å². The average molecular weight is 390 g/mol. The van der Waals surface area contributed by atoms with Crippen LogP contribution in [0.15, 0.2) is 52.3 Å². The maximum absolute atomic E-state index is 13.7. The van der Waals surface area contributed by atoms with Crippen LogP contribution in [0.3, 0.4) is 0 Å². The van der Waals surface area contributed by atoms with Gasteiger partial charge >= 0.3 is 0 Å². The number of rotatable bonds is 6. The predicted molar refractivity (Wildman–Crippen MR) is 87.7 cm³/mol. The standard InChI is InChI=1S/C15H16F2N2O4S2/c1-19(2)25(22,23)14-6-4-3-5-11(14)10-18-24(20,21)15-9-12(16)7-8-13(15)17/h3-9,18H,10H2,1-2H3. The maximum atomic E-state index is 13.7. The van der Waals surface area contributed by atoms with Crippen molar-refractivity contribution in [2.24, 2.45) is 0 Å². The number of benzene rings is 2. The first-order valence-electron chi connectivity index (χ1n) is 7.01. The number of hydrogen-bond donors (Lipinski definition) is 1. The zero-order chi connectivity index (χ0) is 18.8. The Morgan fingerprint density at radius 1 is 0.960 bits per heavy atom. The summed E-state index contributed by atoms with van der Waals surface area (Å²) < 4.78 is 78.9. The fourth-order valence-corrected chi connectivity index (χ4v) is 4.24. The van der Waals surface area contributed by atoms with Crippen LogP contribution in [0, 0.1) is 11.6 Å². The largest absolute Gasteiger partial charge is 0.243 e. The molecule has 1 N–H and O–H groups in total. The van der Waals surface area contributed by atoms with E-state index in [0.29, 0.717) is 12.1 Å². The number of hydrogen-bond acceptors (Lipinski definition) is 4. The van der Waals surface area contributed by atoms with Crippen molar-refractivity contribution in [1.82, 2.24) is 9.03 Å². The van der Waals surface area contributed by atoms with E-state index in [9.17, 15) is 25.6 Å². The van der Waals surface area contributed by atoms with Crippen molar-refractivity contribution in [3.63, 3.8) is 0 Å². The third-order valence-corrected chi connectivity index (χ3v) is 6.70. The highest BCUT2D eigenvalue weighted by Crippen LogP contribution is 2.20. The smallest absolute Gasteiger partial charge is 0.207 e. The lowest BCUT2D eigenvalue weighted by Gasteiger charge is -2.15. The fourth-order valence-electron chi connectivity index (χ4n) is 2.03. The van der Waals surface area contributed by atoms with E-state index in [1.54, 1.807) is 6.07 Å². The van der Waals surface area contributed by atoms with E-state index in [4.69, 9.17) is 0 Å². The Kier molecular flexibility index (Phi) is 5.57. The van der Waals surface area contributed by atoms with Gasteiger partial charge in [0.15, 0.2) is 0 Å². The summed E-state index contributed by atoms with van der Waals surface area (Å²) in [7, 11) is -5.47. The number of sulfonamides is 2. The molecule has 0 unspecified atom stereocenters. The van der Waals surface area contributed by atoms with Crippen molar-refractivity contribution < 1.29 is 25.6 Å². The maximum Gasteiger partial charge on any atom is 0.243 e. The second-order valence-corrected chi connectivity index (χ2v) is 9.15. The van der Waals surface area contributed by atoms with Gasteiger partial charge in [0.25, 0.3) is 0 Å². The quantitative estimate of drug-likeness (QED) is 0.814. The first-order valence-corrected chi connectivity index (χ1v) is 9.93. The molecule has 2 rings (SSSR count). The molecule has 136 valence electrons. The molecule has 2 aromatic rings. The van der Waals surface area contributed by atoms with Crippen molar-refractivity contribution in [2.75, 3.05) is 14.1 Å². The molecule has 10 heteroatoms. The molecule has 0 saturated carbocycles. The highest BCUT2D eigenvalue weighted by molar-refractivity contribution is 7.89. The van der Waals surface area contributed by atoms with Crippen molar-refractivity contribution in [3.8, 4) is 0 Å². The molecule has 0 radical (unpaired) electrons. The van der Waals surface area contributed by atoms with Gasteiger partial charge in [0, 0.05) is 20.6 Å². The molecule has 0 aliphatic heterocycles. The molecule has 0 bridgehead atoms. The zero-order valence-corrected chi connectivity index (χ0v) is 15.0. The van der Waals surface area contributed by atoms with Crippen molar-refractivity contribution >= 4 is 20.0 Å². The van der Waals surface area contributed by atoms with E-state index >= 15 is 0 Å². The zero-order valence-electron chi connectivity index (χ0n) is 13.4. The minimum absolute atomic E-state index is 0.0811. The molecule has 0 saturated heterocycles. The highest BCUT2D eigenvalue weighted by atomic mass is 32.2. The van der Waals surface area contributed by atoms with Crippen LogP contribution in [-0.4, -0.2) is 35.2 Å². The Hall–Kier alpha value is -1.88. The van der Waals surface area contributed by atoms with Crippen molar-refractivity contribution in [2.45, 2.75) is 16.3 Å². The Balaban J connectivity index is 2.35. The predicted octanol–water partition coefficient (Wildman–Crippen LogP) is 1.69. The van der Waals surface area contributed by atoms with Gasteiger partial charge in [-0.3, -0.25) is 0 Å². The van der Waals surface area contributed by atoms with Crippen LogP contribution >= 0.6 is 0 Å². The third-order valence-electron chi connectivity index (χ3n) is 3.37. The topological polar surface area (TPSA) is 83.6 Å². The molecule has 0 fully saturated rings. The number of nitrogens with zero attached hydrogens (tertiary/aromatic N) is 1. The van der Waals surface area contributed by atoms with E-state index in [2.05, 4.69) is 4.72 Å². The fraction of sp³-hybridized carbons (Fsp3) is 0.200. The van der Waals surface area contributed by atoms with Gasteiger partial charge in [-0.1, -0.05) is 18.2 Å². The third kappa shape index (κ3) is 4.21. The second kappa shape index (κ2) is 7.16. The molecular weight excluding hydrogens is 374 g/mol. The summed E-state index contributed by atoms with van der Waals surface area (Å²) in [5.41, 5.74) is 0.177. The van der Waals surface area contributed by atoms with E-state index < -0.39 is 43.1 Å². The van der Waals surface area contributed by atoms with Crippen molar-refractivity contribution in [3.05, 3.63) is 59.7 Å². The van der Waals surface area contributed by atoms with E-state index in [-0.39, 0.29) is 10.5 Å². The van der Waals surface area contributed by atoms with Gasteiger partial charge in [-0.05, 0) is 29.8 Å². The Morgan fingerprint density at radius 3 is 2.24 bits per heavy atom. The summed E-state index contributed by atoms with van der Waals surface area (Å²) in [5, 5.41) is 0. The van der Waals surface area contributed by atoms with Crippen LogP contribution in [0.5, 0.6) is 0 Å².